The van der Waals surface area contributed by atoms with E-state index in [1.165, 1.54) is 0 Å². The largest absolute Gasteiger partial charge is 0.382 e. The van der Waals surface area contributed by atoms with Crippen LogP contribution in [0.3, 0.4) is 0 Å². The maximum atomic E-state index is 10.9. The molecule has 0 aliphatic heterocycles. The number of nitrogens with zero attached hydrogens (tertiary/aromatic N) is 5. The van der Waals surface area contributed by atoms with Crippen molar-refractivity contribution in [2.75, 3.05) is 0 Å². The number of nitrogens with two attached hydrogens (primary N) is 1. The molecule has 0 radical (unpaired) electrons. The molecule has 1 aromatic carbocycles. The molecular formula is C19H17N7O2. The van der Waals surface area contributed by atoms with Gasteiger partial charge in [-0.3, -0.25) is 4.98 Å². The molecule has 0 fully saturated rings. The van der Waals surface area contributed by atoms with E-state index in [1.54, 1.807) is 36.0 Å². The highest BCUT2D eigenvalue weighted by Gasteiger charge is 2.17. The van der Waals surface area contributed by atoms with E-state index in [-0.39, 0.29) is 0 Å². The van der Waals surface area contributed by atoms with Gasteiger partial charge in [-0.1, -0.05) is 12.1 Å². The quantitative estimate of drug-likeness (QED) is 0.369. The van der Waals surface area contributed by atoms with Gasteiger partial charge in [-0.15, -0.1) is 0 Å². The van der Waals surface area contributed by atoms with Crippen LogP contribution in [0.1, 0.15) is 30.0 Å². The average molecular weight is 375 g/mol. The Hall–Kier alpha value is -3.85. The minimum absolute atomic E-state index is 0.464. The van der Waals surface area contributed by atoms with E-state index in [0.717, 1.165) is 10.9 Å². The molecule has 140 valence electrons. The normalized spacial score (nSPS) is 13.0. The van der Waals surface area contributed by atoms with Gasteiger partial charge in [0.15, 0.2) is 5.65 Å². The van der Waals surface area contributed by atoms with Crippen molar-refractivity contribution in [3.8, 4) is 0 Å². The number of carbonyl (C=O) groups excluding carboxylic acids is 1. The Morgan fingerprint density at radius 2 is 2.11 bits per heavy atom. The smallest absolute Gasteiger partial charge is 0.332 e. The number of aliphatic hydroxyl groups is 1. The first-order valence-corrected chi connectivity index (χ1v) is 8.50. The number of nitrogens with one attached hydrogen (secondary N) is 1. The van der Waals surface area contributed by atoms with Gasteiger partial charge in [-0.25, -0.2) is 19.7 Å². The summed E-state index contributed by atoms with van der Waals surface area (Å²) in [6, 6.07) is 12.1. The van der Waals surface area contributed by atoms with Gasteiger partial charge in [0, 0.05) is 11.6 Å². The summed E-state index contributed by atoms with van der Waals surface area (Å²) in [7, 11) is 0. The SMILES string of the molecule is C/C(=N\NC(N)=O)c1ccc2ncc(C(O)c3ccc4ncccc4c3)n2n1. The van der Waals surface area contributed by atoms with Crippen LogP contribution in [-0.4, -0.2) is 36.4 Å². The number of fused-ring (bicyclic) bond motifs is 2. The molecule has 2 amide bonds. The maximum absolute atomic E-state index is 10.9. The molecule has 4 aromatic rings. The first-order chi connectivity index (χ1) is 13.5. The lowest BCUT2D eigenvalue weighted by atomic mass is 10.0. The molecule has 28 heavy (non-hydrogen) atoms. The standard InChI is InChI=1S/C19H17N7O2/c1-11(23-24-19(20)28)14-6-7-17-22-10-16(26(17)25-14)18(27)13-4-5-15-12(9-13)3-2-8-21-15/h2-10,18,27H,1H3,(H3,20,24,28)/b23-11+. The Bertz CT molecular complexity index is 1220. The van der Waals surface area contributed by atoms with Gasteiger partial charge in [0.05, 0.1) is 23.1 Å². The van der Waals surface area contributed by atoms with Gasteiger partial charge in [0.1, 0.15) is 11.8 Å². The number of hydrogen-bond acceptors (Lipinski definition) is 6. The third-order valence-electron chi connectivity index (χ3n) is 4.32. The molecule has 0 saturated heterocycles. The molecule has 9 nitrogen and oxygen atoms in total. The molecule has 0 spiro atoms. The van der Waals surface area contributed by atoms with E-state index >= 15 is 0 Å². The summed E-state index contributed by atoms with van der Waals surface area (Å²) in [6.45, 7) is 1.69. The highest BCUT2D eigenvalue weighted by Crippen LogP contribution is 2.25. The Labute approximate surface area is 159 Å². The van der Waals surface area contributed by atoms with E-state index in [2.05, 4.69) is 25.6 Å². The summed E-state index contributed by atoms with van der Waals surface area (Å²) in [5, 5.41) is 20.2. The minimum Gasteiger partial charge on any atom is -0.382 e. The second kappa shape index (κ2) is 7.05. The predicted molar refractivity (Wildman–Crippen MR) is 104 cm³/mol. The maximum Gasteiger partial charge on any atom is 0.332 e. The zero-order valence-electron chi connectivity index (χ0n) is 14.9. The van der Waals surface area contributed by atoms with Crippen molar-refractivity contribution in [3.63, 3.8) is 0 Å². The number of benzene rings is 1. The van der Waals surface area contributed by atoms with Crippen molar-refractivity contribution in [2.24, 2.45) is 10.8 Å². The summed E-state index contributed by atoms with van der Waals surface area (Å²) in [5.74, 6) is 0. The zero-order valence-corrected chi connectivity index (χ0v) is 14.9. The highest BCUT2D eigenvalue weighted by molar-refractivity contribution is 5.97. The number of urea groups is 1. The van der Waals surface area contributed by atoms with Gasteiger partial charge in [-0.2, -0.15) is 10.2 Å². The Balaban J connectivity index is 1.73. The van der Waals surface area contributed by atoms with Crippen LogP contribution >= 0.6 is 0 Å². The average Bonchev–Trinajstić information content (AvgIpc) is 3.14. The molecule has 0 aliphatic carbocycles. The van der Waals surface area contributed by atoms with E-state index in [1.807, 2.05) is 30.3 Å². The Kier molecular flexibility index (Phi) is 4.42. The predicted octanol–water partition coefficient (Wildman–Crippen LogP) is 1.75. The molecule has 9 heteroatoms. The number of aliphatic hydroxyl groups excluding tert-OH is 1. The third-order valence-corrected chi connectivity index (χ3v) is 4.32. The molecule has 4 N–H and O–H groups in total. The van der Waals surface area contributed by atoms with Crippen molar-refractivity contribution in [1.29, 1.82) is 0 Å². The minimum atomic E-state index is -0.927. The first-order valence-electron chi connectivity index (χ1n) is 8.50. The number of imidazole rings is 1. The molecule has 4 rings (SSSR count). The van der Waals surface area contributed by atoms with Gasteiger partial charge < -0.3 is 10.8 Å². The summed E-state index contributed by atoms with van der Waals surface area (Å²) in [5.41, 5.74) is 10.8. The van der Waals surface area contributed by atoms with Crippen molar-refractivity contribution in [2.45, 2.75) is 13.0 Å². The number of pyridine rings is 1. The zero-order chi connectivity index (χ0) is 19.7. The van der Waals surface area contributed by atoms with Crippen LogP contribution in [0, 0.1) is 0 Å². The summed E-state index contributed by atoms with van der Waals surface area (Å²) in [6.07, 6.45) is 2.38. The van der Waals surface area contributed by atoms with E-state index in [9.17, 15) is 9.90 Å². The van der Waals surface area contributed by atoms with E-state index < -0.39 is 12.1 Å². The molecule has 1 unspecified atom stereocenters. The molecule has 0 aliphatic rings. The van der Waals surface area contributed by atoms with Crippen LogP contribution in [0.2, 0.25) is 0 Å². The first kappa shape index (κ1) is 17.6. The van der Waals surface area contributed by atoms with Crippen LogP contribution in [-0.2, 0) is 0 Å². The number of aromatic nitrogens is 4. The molecule has 0 bridgehead atoms. The van der Waals surface area contributed by atoms with E-state index in [0.29, 0.717) is 28.3 Å². The van der Waals surface area contributed by atoms with Crippen LogP contribution < -0.4 is 11.2 Å². The number of hydrogen-bond donors (Lipinski definition) is 3. The van der Waals surface area contributed by atoms with Crippen molar-refractivity contribution >= 4 is 28.3 Å². The van der Waals surface area contributed by atoms with Crippen LogP contribution in [0.5, 0.6) is 0 Å². The van der Waals surface area contributed by atoms with Crippen LogP contribution in [0.4, 0.5) is 4.79 Å². The number of hydrazone groups is 1. The summed E-state index contributed by atoms with van der Waals surface area (Å²) >= 11 is 0. The fourth-order valence-electron chi connectivity index (χ4n) is 2.90. The van der Waals surface area contributed by atoms with Crippen molar-refractivity contribution < 1.29 is 9.90 Å². The number of primary amides is 1. The van der Waals surface area contributed by atoms with Crippen LogP contribution in [0.15, 0.2) is 60.0 Å². The van der Waals surface area contributed by atoms with Gasteiger partial charge in [0.25, 0.3) is 0 Å². The molecule has 1 atom stereocenters. The van der Waals surface area contributed by atoms with Gasteiger partial charge >= 0.3 is 6.03 Å². The molecule has 3 aromatic heterocycles. The number of rotatable bonds is 4. The van der Waals surface area contributed by atoms with Gasteiger partial charge in [-0.05, 0) is 42.8 Å². The van der Waals surface area contributed by atoms with Crippen molar-refractivity contribution in [3.05, 3.63) is 71.8 Å². The fourth-order valence-corrected chi connectivity index (χ4v) is 2.90. The Morgan fingerprint density at radius 1 is 1.25 bits per heavy atom. The second-order valence-electron chi connectivity index (χ2n) is 6.20. The number of amides is 2. The molecular weight excluding hydrogens is 358 g/mol. The topological polar surface area (TPSA) is 131 Å². The lowest BCUT2D eigenvalue weighted by molar-refractivity contribution is 0.213. The lowest BCUT2D eigenvalue weighted by Gasteiger charge is -2.12. The van der Waals surface area contributed by atoms with Crippen LogP contribution in [0.25, 0.3) is 16.6 Å². The molecule has 3 heterocycles. The Morgan fingerprint density at radius 3 is 2.93 bits per heavy atom. The monoisotopic (exact) mass is 375 g/mol. The summed E-state index contributed by atoms with van der Waals surface area (Å²) in [4.78, 5) is 19.4. The summed E-state index contributed by atoms with van der Waals surface area (Å²) < 4.78 is 1.55. The van der Waals surface area contributed by atoms with Gasteiger partial charge in [0.2, 0.25) is 0 Å². The second-order valence-corrected chi connectivity index (χ2v) is 6.20. The highest BCUT2D eigenvalue weighted by atomic mass is 16.3. The molecule has 0 saturated carbocycles. The lowest BCUT2D eigenvalue weighted by Crippen LogP contribution is -2.25. The fraction of sp³-hybridized carbons (Fsp3) is 0.105. The van der Waals surface area contributed by atoms with Crippen molar-refractivity contribution in [1.82, 2.24) is 25.0 Å². The number of carbonyl (C=O) groups is 1. The third kappa shape index (κ3) is 3.26. The van der Waals surface area contributed by atoms with E-state index in [4.69, 9.17) is 5.73 Å².